The van der Waals surface area contributed by atoms with E-state index in [-0.39, 0.29) is 0 Å². The summed E-state index contributed by atoms with van der Waals surface area (Å²) < 4.78 is 0. The van der Waals surface area contributed by atoms with Gasteiger partial charge in [-0.3, -0.25) is 4.90 Å². The quantitative estimate of drug-likeness (QED) is 0.608. The van der Waals surface area contributed by atoms with Crippen LogP contribution in [0, 0.1) is 5.41 Å². The fourth-order valence-electron chi connectivity index (χ4n) is 2.33. The van der Waals surface area contributed by atoms with Crippen LogP contribution in [0.2, 0.25) is 0 Å². The van der Waals surface area contributed by atoms with Gasteiger partial charge in [0.05, 0.1) is 0 Å². The van der Waals surface area contributed by atoms with Crippen LogP contribution in [0.15, 0.2) is 0 Å². The van der Waals surface area contributed by atoms with Crippen molar-refractivity contribution in [3.05, 3.63) is 0 Å². The van der Waals surface area contributed by atoms with Gasteiger partial charge in [0.1, 0.15) is 0 Å². The lowest BCUT2D eigenvalue weighted by atomic mass is 9.92. The minimum Gasteiger partial charge on any atom is -0.316 e. The molecule has 0 amide bonds. The Morgan fingerprint density at radius 3 is 2.38 bits per heavy atom. The molecule has 0 spiro atoms. The first-order chi connectivity index (χ1) is 7.59. The fraction of sp³-hybridized carbons (Fsp3) is 1.00. The van der Waals surface area contributed by atoms with E-state index in [1.807, 2.05) is 0 Å². The predicted molar refractivity (Wildman–Crippen MR) is 71.8 cm³/mol. The molecule has 1 aliphatic carbocycles. The zero-order valence-electron chi connectivity index (χ0n) is 11.7. The summed E-state index contributed by atoms with van der Waals surface area (Å²) in [5.41, 5.74) is 0.410. The zero-order valence-corrected chi connectivity index (χ0v) is 11.7. The summed E-state index contributed by atoms with van der Waals surface area (Å²) in [7, 11) is 0. The first-order valence-electron chi connectivity index (χ1n) is 7.04. The van der Waals surface area contributed by atoms with Crippen LogP contribution < -0.4 is 5.32 Å². The third-order valence-electron chi connectivity index (χ3n) is 3.24. The highest BCUT2D eigenvalue weighted by Gasteiger charge is 2.32. The molecule has 1 saturated carbocycles. The van der Waals surface area contributed by atoms with Gasteiger partial charge in [0.25, 0.3) is 0 Å². The summed E-state index contributed by atoms with van der Waals surface area (Å²) in [6.45, 7) is 14.1. The van der Waals surface area contributed by atoms with Crippen LogP contribution >= 0.6 is 0 Å². The molecule has 1 N–H and O–H groups in total. The highest BCUT2D eigenvalue weighted by molar-refractivity contribution is 4.88. The summed E-state index contributed by atoms with van der Waals surface area (Å²) in [4.78, 5) is 2.70. The summed E-state index contributed by atoms with van der Waals surface area (Å²) in [6.07, 6.45) is 5.38. The van der Waals surface area contributed by atoms with E-state index < -0.39 is 0 Å². The van der Waals surface area contributed by atoms with Gasteiger partial charge >= 0.3 is 0 Å². The van der Waals surface area contributed by atoms with Crippen LogP contribution in [0.5, 0.6) is 0 Å². The lowest BCUT2D eigenvalue weighted by Gasteiger charge is -2.33. The van der Waals surface area contributed by atoms with Crippen LogP contribution in [-0.2, 0) is 0 Å². The minimum absolute atomic E-state index is 0.410. The molecule has 2 heteroatoms. The number of nitrogens with zero attached hydrogens (tertiary/aromatic N) is 1. The molecule has 1 fully saturated rings. The van der Waals surface area contributed by atoms with Gasteiger partial charge in [-0.05, 0) is 44.2 Å². The van der Waals surface area contributed by atoms with Crippen LogP contribution in [0.25, 0.3) is 0 Å². The number of hydrogen-bond acceptors (Lipinski definition) is 2. The van der Waals surface area contributed by atoms with E-state index in [0.717, 1.165) is 19.1 Å². The van der Waals surface area contributed by atoms with Crippen LogP contribution in [-0.4, -0.2) is 37.1 Å². The maximum Gasteiger partial charge on any atom is 0.00966 e. The van der Waals surface area contributed by atoms with Crippen LogP contribution in [0.4, 0.5) is 0 Å². The van der Waals surface area contributed by atoms with Crippen molar-refractivity contribution in [1.29, 1.82) is 0 Å². The van der Waals surface area contributed by atoms with Gasteiger partial charge in [0, 0.05) is 19.1 Å². The summed E-state index contributed by atoms with van der Waals surface area (Å²) in [5, 5.41) is 3.56. The average molecular weight is 226 g/mol. The zero-order chi connectivity index (χ0) is 12.0. The highest BCUT2D eigenvalue weighted by Crippen LogP contribution is 2.30. The molecule has 1 rings (SSSR count). The van der Waals surface area contributed by atoms with Crippen molar-refractivity contribution in [3.63, 3.8) is 0 Å². The van der Waals surface area contributed by atoms with Gasteiger partial charge in [-0.1, -0.05) is 27.7 Å². The number of nitrogens with one attached hydrogen (secondary N) is 1. The molecule has 0 atom stereocenters. The second-order valence-electron chi connectivity index (χ2n) is 6.04. The van der Waals surface area contributed by atoms with Crippen molar-refractivity contribution < 1.29 is 0 Å². The molecule has 0 aliphatic heterocycles. The Labute approximate surface area is 102 Å². The molecule has 0 aromatic rings. The molecular formula is C14H30N2. The van der Waals surface area contributed by atoms with E-state index in [9.17, 15) is 0 Å². The third-order valence-corrected chi connectivity index (χ3v) is 3.24. The molecule has 1 aliphatic rings. The molecule has 0 bridgehead atoms. The molecule has 0 saturated heterocycles. The Bertz CT molecular complexity index is 185. The van der Waals surface area contributed by atoms with Crippen molar-refractivity contribution in [3.8, 4) is 0 Å². The monoisotopic (exact) mass is 226 g/mol. The molecular weight excluding hydrogens is 196 g/mol. The maximum atomic E-state index is 3.56. The standard InChI is InChI=1S/C14H30N2/c1-5-9-15-11-14(3,4)12-16(10-6-2)13-7-8-13/h13,15H,5-12H2,1-4H3. The van der Waals surface area contributed by atoms with Crippen LogP contribution in [0.1, 0.15) is 53.4 Å². The summed E-state index contributed by atoms with van der Waals surface area (Å²) in [6, 6.07) is 0.908. The van der Waals surface area contributed by atoms with Gasteiger partial charge < -0.3 is 5.32 Å². The highest BCUT2D eigenvalue weighted by atomic mass is 15.2. The topological polar surface area (TPSA) is 15.3 Å². The van der Waals surface area contributed by atoms with Crippen molar-refractivity contribution >= 4 is 0 Å². The Balaban J connectivity index is 2.29. The van der Waals surface area contributed by atoms with Crippen molar-refractivity contribution in [2.75, 3.05) is 26.2 Å². The fourth-order valence-corrected chi connectivity index (χ4v) is 2.33. The van der Waals surface area contributed by atoms with E-state index in [0.29, 0.717) is 5.41 Å². The van der Waals surface area contributed by atoms with E-state index in [2.05, 4.69) is 37.9 Å². The molecule has 0 heterocycles. The normalized spacial score (nSPS) is 17.1. The van der Waals surface area contributed by atoms with E-state index in [1.165, 1.54) is 38.8 Å². The minimum atomic E-state index is 0.410. The van der Waals surface area contributed by atoms with E-state index >= 15 is 0 Å². The molecule has 2 nitrogen and oxygen atoms in total. The lowest BCUT2D eigenvalue weighted by Crippen LogP contribution is -2.42. The number of rotatable bonds is 9. The molecule has 16 heavy (non-hydrogen) atoms. The Hall–Kier alpha value is -0.0800. The van der Waals surface area contributed by atoms with Crippen molar-refractivity contribution in [1.82, 2.24) is 10.2 Å². The Morgan fingerprint density at radius 1 is 1.19 bits per heavy atom. The van der Waals surface area contributed by atoms with Gasteiger partial charge in [0.2, 0.25) is 0 Å². The van der Waals surface area contributed by atoms with Gasteiger partial charge in [-0.2, -0.15) is 0 Å². The van der Waals surface area contributed by atoms with Gasteiger partial charge in [0.15, 0.2) is 0 Å². The van der Waals surface area contributed by atoms with Crippen molar-refractivity contribution in [2.24, 2.45) is 5.41 Å². The molecule has 0 aromatic heterocycles. The van der Waals surface area contributed by atoms with Gasteiger partial charge in [-0.15, -0.1) is 0 Å². The average Bonchev–Trinajstić information content (AvgIpc) is 3.00. The molecule has 96 valence electrons. The second-order valence-corrected chi connectivity index (χ2v) is 6.04. The van der Waals surface area contributed by atoms with Crippen LogP contribution in [0.3, 0.4) is 0 Å². The first kappa shape index (κ1) is 14.0. The van der Waals surface area contributed by atoms with E-state index in [1.54, 1.807) is 0 Å². The third kappa shape index (κ3) is 5.31. The molecule has 0 aromatic carbocycles. The summed E-state index contributed by atoms with van der Waals surface area (Å²) >= 11 is 0. The smallest absolute Gasteiger partial charge is 0.00966 e. The van der Waals surface area contributed by atoms with E-state index in [4.69, 9.17) is 0 Å². The predicted octanol–water partition coefficient (Wildman–Crippen LogP) is 2.89. The first-order valence-corrected chi connectivity index (χ1v) is 7.04. The number of hydrogen-bond donors (Lipinski definition) is 1. The molecule has 0 radical (unpaired) electrons. The maximum absolute atomic E-state index is 3.56. The SMILES string of the molecule is CCCNCC(C)(C)CN(CCC)C1CC1. The van der Waals surface area contributed by atoms with Gasteiger partial charge in [-0.25, -0.2) is 0 Å². The lowest BCUT2D eigenvalue weighted by molar-refractivity contribution is 0.167. The van der Waals surface area contributed by atoms with Crippen molar-refractivity contribution in [2.45, 2.75) is 59.4 Å². The Kier molecular flexibility index (Phi) is 5.77. The second kappa shape index (κ2) is 6.61. The largest absolute Gasteiger partial charge is 0.316 e. The Morgan fingerprint density at radius 2 is 1.88 bits per heavy atom. The summed E-state index contributed by atoms with van der Waals surface area (Å²) in [5.74, 6) is 0. The molecule has 0 unspecified atom stereocenters.